The minimum Gasteiger partial charge on any atom is -0.383 e. The molecule has 1 atom stereocenters. The van der Waals surface area contributed by atoms with E-state index in [2.05, 4.69) is 33.3 Å². The van der Waals surface area contributed by atoms with Crippen LogP contribution in [0.15, 0.2) is 4.47 Å². The molecule has 0 bridgehead atoms. The Balaban J connectivity index is 2.51. The van der Waals surface area contributed by atoms with Gasteiger partial charge in [-0.25, -0.2) is 0 Å². The van der Waals surface area contributed by atoms with Gasteiger partial charge in [-0.15, -0.1) is 11.6 Å². The van der Waals surface area contributed by atoms with Crippen molar-refractivity contribution in [1.82, 2.24) is 15.1 Å². The van der Waals surface area contributed by atoms with E-state index in [4.69, 9.17) is 16.3 Å². The van der Waals surface area contributed by atoms with Crippen molar-refractivity contribution in [1.29, 1.82) is 0 Å². The number of ether oxygens (including phenoxy) is 1. The van der Waals surface area contributed by atoms with Crippen LogP contribution in [0.25, 0.3) is 0 Å². The van der Waals surface area contributed by atoms with Crippen LogP contribution in [-0.4, -0.2) is 35.4 Å². The Labute approximate surface area is 116 Å². The number of nitrogens with zero attached hydrogens (tertiary/aromatic N) is 2. The summed E-state index contributed by atoms with van der Waals surface area (Å²) in [6, 6.07) is 0. The zero-order chi connectivity index (χ0) is 12.8. The monoisotopic (exact) mass is 323 g/mol. The summed E-state index contributed by atoms with van der Waals surface area (Å²) >= 11 is 9.60. The Hall–Kier alpha value is -0.100. The molecule has 4 nitrogen and oxygen atoms in total. The van der Waals surface area contributed by atoms with E-state index in [0.717, 1.165) is 35.5 Å². The van der Waals surface area contributed by atoms with Crippen molar-refractivity contribution in [2.75, 3.05) is 20.3 Å². The van der Waals surface area contributed by atoms with Crippen molar-refractivity contribution in [3.8, 4) is 0 Å². The molecule has 0 saturated carbocycles. The van der Waals surface area contributed by atoms with E-state index in [1.807, 2.05) is 11.6 Å². The van der Waals surface area contributed by atoms with Gasteiger partial charge in [0.05, 0.1) is 27.8 Å². The number of aromatic nitrogens is 2. The fraction of sp³-hybridized carbons (Fsp3) is 0.727. The van der Waals surface area contributed by atoms with Gasteiger partial charge in [-0.1, -0.05) is 0 Å². The Bertz CT molecular complexity index is 357. The lowest BCUT2D eigenvalue weighted by Crippen LogP contribution is -2.27. The van der Waals surface area contributed by atoms with Crippen LogP contribution in [0.1, 0.15) is 18.3 Å². The molecule has 0 aliphatic heterocycles. The molecular formula is C11H19BrClN3O. The Morgan fingerprint density at radius 1 is 1.59 bits per heavy atom. The van der Waals surface area contributed by atoms with Gasteiger partial charge in [0.1, 0.15) is 0 Å². The zero-order valence-electron chi connectivity index (χ0n) is 10.5. The summed E-state index contributed by atoms with van der Waals surface area (Å²) in [7, 11) is 1.65. The van der Waals surface area contributed by atoms with Crippen LogP contribution in [0.4, 0.5) is 0 Å². The van der Waals surface area contributed by atoms with Gasteiger partial charge in [0.15, 0.2) is 0 Å². The first-order valence-corrected chi connectivity index (χ1v) is 6.88. The molecule has 1 unspecified atom stereocenters. The molecule has 0 aliphatic carbocycles. The lowest BCUT2D eigenvalue weighted by molar-refractivity contribution is 0.196. The molecule has 1 aromatic rings. The number of halogens is 2. The first-order valence-electron chi connectivity index (χ1n) is 5.65. The fourth-order valence-corrected chi connectivity index (χ4v) is 2.28. The molecule has 0 aliphatic rings. The van der Waals surface area contributed by atoms with Gasteiger partial charge in [0.2, 0.25) is 0 Å². The van der Waals surface area contributed by atoms with Crippen LogP contribution in [0.3, 0.4) is 0 Å². The molecule has 1 aromatic heterocycles. The first kappa shape index (κ1) is 15.0. The molecular weight excluding hydrogens is 305 g/mol. The summed E-state index contributed by atoms with van der Waals surface area (Å²) in [5.41, 5.74) is 2.18. The van der Waals surface area contributed by atoms with Gasteiger partial charge < -0.3 is 10.1 Å². The molecule has 98 valence electrons. The lowest BCUT2D eigenvalue weighted by atomic mass is 10.3. The maximum Gasteiger partial charge on any atom is 0.0739 e. The topological polar surface area (TPSA) is 39.1 Å². The van der Waals surface area contributed by atoms with Crippen LogP contribution in [0.5, 0.6) is 0 Å². The summed E-state index contributed by atoms with van der Waals surface area (Å²) < 4.78 is 8.05. The maximum absolute atomic E-state index is 6.04. The number of hydrogen-bond acceptors (Lipinski definition) is 3. The molecule has 0 radical (unpaired) electrons. The van der Waals surface area contributed by atoms with E-state index >= 15 is 0 Å². The van der Waals surface area contributed by atoms with Gasteiger partial charge in [-0.3, -0.25) is 4.68 Å². The second-order valence-electron chi connectivity index (χ2n) is 3.85. The first-order chi connectivity index (χ1) is 8.10. The van der Waals surface area contributed by atoms with Gasteiger partial charge >= 0.3 is 0 Å². The molecule has 6 heteroatoms. The minimum absolute atomic E-state index is 0.00197. The summed E-state index contributed by atoms with van der Waals surface area (Å²) in [6.45, 7) is 6.97. The van der Waals surface area contributed by atoms with Gasteiger partial charge in [0, 0.05) is 26.7 Å². The predicted molar refractivity (Wildman–Crippen MR) is 73.6 cm³/mol. The maximum atomic E-state index is 6.04. The SMILES string of the molecule is CCn1nc(C)c(Br)c1CNCC(Cl)COC. The van der Waals surface area contributed by atoms with Gasteiger partial charge in [-0.2, -0.15) is 5.10 Å². The second-order valence-corrected chi connectivity index (χ2v) is 5.26. The van der Waals surface area contributed by atoms with E-state index in [-0.39, 0.29) is 5.38 Å². The second kappa shape index (κ2) is 7.36. The normalized spacial score (nSPS) is 13.0. The third kappa shape index (κ3) is 4.25. The third-order valence-corrected chi connectivity index (χ3v) is 3.77. The van der Waals surface area contributed by atoms with E-state index in [1.165, 1.54) is 0 Å². The molecule has 0 fully saturated rings. The highest BCUT2D eigenvalue weighted by Gasteiger charge is 2.12. The van der Waals surface area contributed by atoms with Crippen molar-refractivity contribution in [2.45, 2.75) is 32.3 Å². The van der Waals surface area contributed by atoms with Crippen molar-refractivity contribution >= 4 is 27.5 Å². The number of rotatable bonds is 7. The Morgan fingerprint density at radius 3 is 2.88 bits per heavy atom. The van der Waals surface area contributed by atoms with Gasteiger partial charge in [0.25, 0.3) is 0 Å². The van der Waals surface area contributed by atoms with Crippen LogP contribution in [0, 0.1) is 6.92 Å². The number of alkyl halides is 1. The number of hydrogen-bond donors (Lipinski definition) is 1. The lowest BCUT2D eigenvalue weighted by Gasteiger charge is -2.11. The Kier molecular flexibility index (Phi) is 6.48. The average Bonchev–Trinajstić information content (AvgIpc) is 2.57. The standard InChI is InChI=1S/C11H19BrClN3O/c1-4-16-10(11(12)8(2)15-16)6-14-5-9(13)7-17-3/h9,14H,4-7H2,1-3H3. The van der Waals surface area contributed by atoms with Crippen molar-refractivity contribution < 1.29 is 4.74 Å². The highest BCUT2D eigenvalue weighted by atomic mass is 79.9. The van der Waals surface area contributed by atoms with Gasteiger partial charge in [-0.05, 0) is 29.8 Å². The highest BCUT2D eigenvalue weighted by molar-refractivity contribution is 9.10. The molecule has 1 rings (SSSR count). The van der Waals surface area contributed by atoms with Crippen molar-refractivity contribution in [3.63, 3.8) is 0 Å². The highest BCUT2D eigenvalue weighted by Crippen LogP contribution is 2.20. The molecule has 17 heavy (non-hydrogen) atoms. The largest absolute Gasteiger partial charge is 0.383 e. The van der Waals surface area contributed by atoms with Crippen LogP contribution in [0.2, 0.25) is 0 Å². The van der Waals surface area contributed by atoms with Crippen LogP contribution < -0.4 is 5.32 Å². The summed E-state index contributed by atoms with van der Waals surface area (Å²) in [4.78, 5) is 0. The van der Waals surface area contributed by atoms with E-state index in [0.29, 0.717) is 6.61 Å². The Morgan fingerprint density at radius 2 is 2.29 bits per heavy atom. The number of methoxy groups -OCH3 is 1. The number of aryl methyl sites for hydroxylation is 2. The van der Waals surface area contributed by atoms with E-state index in [1.54, 1.807) is 7.11 Å². The van der Waals surface area contributed by atoms with Crippen molar-refractivity contribution in [3.05, 3.63) is 15.9 Å². The molecule has 0 amide bonds. The van der Waals surface area contributed by atoms with E-state index < -0.39 is 0 Å². The zero-order valence-corrected chi connectivity index (χ0v) is 12.8. The van der Waals surface area contributed by atoms with Crippen LogP contribution >= 0.6 is 27.5 Å². The molecule has 1 heterocycles. The fourth-order valence-electron chi connectivity index (χ4n) is 1.62. The molecule has 0 aromatic carbocycles. The minimum atomic E-state index is -0.00197. The number of nitrogens with one attached hydrogen (secondary N) is 1. The summed E-state index contributed by atoms with van der Waals surface area (Å²) in [5, 5.41) is 7.75. The molecule has 0 spiro atoms. The third-order valence-electron chi connectivity index (χ3n) is 2.46. The van der Waals surface area contributed by atoms with Crippen molar-refractivity contribution in [2.24, 2.45) is 0 Å². The van der Waals surface area contributed by atoms with E-state index in [9.17, 15) is 0 Å². The quantitative estimate of drug-likeness (QED) is 0.782. The molecule has 0 saturated heterocycles. The smallest absolute Gasteiger partial charge is 0.0739 e. The molecule has 1 N–H and O–H groups in total. The average molecular weight is 325 g/mol. The van der Waals surface area contributed by atoms with Crippen LogP contribution in [-0.2, 0) is 17.8 Å². The predicted octanol–water partition coefficient (Wildman–Crippen LogP) is 2.32. The summed E-state index contributed by atoms with van der Waals surface area (Å²) in [5.74, 6) is 0. The summed E-state index contributed by atoms with van der Waals surface area (Å²) in [6.07, 6.45) is 0.